The van der Waals surface area contributed by atoms with E-state index < -0.39 is 0 Å². The summed E-state index contributed by atoms with van der Waals surface area (Å²) in [5, 5.41) is 3.05. The van der Waals surface area contributed by atoms with Crippen LogP contribution in [-0.4, -0.2) is 19.1 Å². The summed E-state index contributed by atoms with van der Waals surface area (Å²) in [6.07, 6.45) is 1.76. The summed E-state index contributed by atoms with van der Waals surface area (Å²) >= 11 is 0. The Labute approximate surface area is 113 Å². The van der Waals surface area contributed by atoms with Gasteiger partial charge in [0.15, 0.2) is 0 Å². The number of nitrogens with one attached hydrogen (secondary N) is 1. The first-order valence-electron chi connectivity index (χ1n) is 6.16. The van der Waals surface area contributed by atoms with Gasteiger partial charge in [0.05, 0.1) is 20.3 Å². The van der Waals surface area contributed by atoms with Gasteiger partial charge in [-0.05, 0) is 23.8 Å². The van der Waals surface area contributed by atoms with Gasteiger partial charge < -0.3 is 14.8 Å². The highest BCUT2D eigenvalue weighted by molar-refractivity contribution is 5.42. The van der Waals surface area contributed by atoms with Gasteiger partial charge in [-0.15, -0.1) is 0 Å². The molecule has 0 radical (unpaired) electrons. The predicted octanol–water partition coefficient (Wildman–Crippen LogP) is 2.85. The lowest BCUT2D eigenvalue weighted by Gasteiger charge is -2.09. The maximum absolute atomic E-state index is 5.70. The van der Waals surface area contributed by atoms with Crippen LogP contribution in [0.2, 0.25) is 0 Å². The second kappa shape index (κ2) is 6.75. The molecule has 0 saturated heterocycles. The molecule has 0 amide bonds. The van der Waals surface area contributed by atoms with E-state index in [4.69, 9.17) is 9.47 Å². The summed E-state index contributed by atoms with van der Waals surface area (Å²) in [6, 6.07) is 11.8. The number of ether oxygens (including phenoxy) is 2. The third-order valence-electron chi connectivity index (χ3n) is 2.81. The smallest absolute Gasteiger partial charge is 0.131 e. The van der Waals surface area contributed by atoms with E-state index in [1.807, 2.05) is 43.4 Å². The molecule has 0 aliphatic carbocycles. The third kappa shape index (κ3) is 3.69. The van der Waals surface area contributed by atoms with Crippen LogP contribution < -0.4 is 10.1 Å². The molecule has 4 heteroatoms. The molecule has 0 aliphatic rings. The minimum atomic E-state index is 0.538. The van der Waals surface area contributed by atoms with Crippen molar-refractivity contribution in [2.75, 3.05) is 19.5 Å². The van der Waals surface area contributed by atoms with E-state index >= 15 is 0 Å². The number of methoxy groups -OCH3 is 1. The molecule has 0 atom stereocenters. The van der Waals surface area contributed by atoms with Gasteiger partial charge in [0, 0.05) is 18.8 Å². The lowest BCUT2D eigenvalue weighted by molar-refractivity contribution is 0.107. The molecule has 1 heterocycles. The van der Waals surface area contributed by atoms with E-state index in [2.05, 4.69) is 10.3 Å². The Bertz CT molecular complexity index is 512. The van der Waals surface area contributed by atoms with Crippen LogP contribution in [0.5, 0.6) is 5.75 Å². The van der Waals surface area contributed by atoms with Crippen LogP contribution in [0, 0.1) is 0 Å². The van der Waals surface area contributed by atoms with E-state index in [0.717, 1.165) is 22.7 Å². The van der Waals surface area contributed by atoms with Gasteiger partial charge in [-0.2, -0.15) is 0 Å². The zero-order valence-corrected chi connectivity index (χ0v) is 11.2. The summed E-state index contributed by atoms with van der Waals surface area (Å²) < 4.78 is 10.8. The van der Waals surface area contributed by atoms with E-state index in [1.54, 1.807) is 13.3 Å². The SMILES string of the molecule is CNc1ncccc1COCc1ccc(OC)cc1. The fourth-order valence-electron chi connectivity index (χ4n) is 1.78. The molecule has 19 heavy (non-hydrogen) atoms. The predicted molar refractivity (Wildman–Crippen MR) is 75.3 cm³/mol. The normalized spacial score (nSPS) is 10.2. The van der Waals surface area contributed by atoms with Crippen molar-refractivity contribution in [3.63, 3.8) is 0 Å². The maximum Gasteiger partial charge on any atom is 0.131 e. The highest BCUT2D eigenvalue weighted by Crippen LogP contribution is 2.15. The second-order valence-corrected chi connectivity index (χ2v) is 4.10. The number of hydrogen-bond donors (Lipinski definition) is 1. The molecule has 0 aliphatic heterocycles. The number of aromatic nitrogens is 1. The van der Waals surface area contributed by atoms with E-state index in [1.165, 1.54) is 0 Å². The van der Waals surface area contributed by atoms with Crippen molar-refractivity contribution in [1.29, 1.82) is 0 Å². The number of hydrogen-bond acceptors (Lipinski definition) is 4. The molecule has 1 aromatic carbocycles. The summed E-state index contributed by atoms with van der Waals surface area (Å²) in [5.74, 6) is 1.71. The number of rotatable bonds is 6. The van der Waals surface area contributed by atoms with Gasteiger partial charge >= 0.3 is 0 Å². The van der Waals surface area contributed by atoms with E-state index in [0.29, 0.717) is 13.2 Å². The van der Waals surface area contributed by atoms with Crippen LogP contribution in [0.3, 0.4) is 0 Å². The Morgan fingerprint density at radius 3 is 2.58 bits per heavy atom. The number of pyridine rings is 1. The molecule has 0 saturated carbocycles. The first-order valence-corrected chi connectivity index (χ1v) is 6.16. The molecule has 4 nitrogen and oxygen atoms in total. The van der Waals surface area contributed by atoms with E-state index in [9.17, 15) is 0 Å². The van der Waals surface area contributed by atoms with Crippen molar-refractivity contribution in [2.45, 2.75) is 13.2 Å². The molecule has 2 rings (SSSR count). The average Bonchev–Trinajstić information content (AvgIpc) is 2.48. The first kappa shape index (κ1) is 13.4. The molecule has 1 aromatic heterocycles. The summed E-state index contributed by atoms with van der Waals surface area (Å²) in [7, 11) is 3.52. The van der Waals surface area contributed by atoms with Crippen molar-refractivity contribution >= 4 is 5.82 Å². The monoisotopic (exact) mass is 258 g/mol. The van der Waals surface area contributed by atoms with Gasteiger partial charge in [0.25, 0.3) is 0 Å². The van der Waals surface area contributed by atoms with Crippen molar-refractivity contribution in [2.24, 2.45) is 0 Å². The molecular formula is C15H18N2O2. The van der Waals surface area contributed by atoms with Gasteiger partial charge in [0.2, 0.25) is 0 Å². The third-order valence-corrected chi connectivity index (χ3v) is 2.81. The molecule has 0 fully saturated rings. The van der Waals surface area contributed by atoms with Crippen LogP contribution in [0.15, 0.2) is 42.6 Å². The van der Waals surface area contributed by atoms with Crippen LogP contribution >= 0.6 is 0 Å². The Kier molecular flexibility index (Phi) is 4.75. The Balaban J connectivity index is 1.88. The van der Waals surface area contributed by atoms with Crippen molar-refractivity contribution in [3.05, 3.63) is 53.7 Å². The van der Waals surface area contributed by atoms with Gasteiger partial charge in [-0.25, -0.2) is 4.98 Å². The van der Waals surface area contributed by atoms with Crippen LogP contribution in [0.25, 0.3) is 0 Å². The molecule has 1 N–H and O–H groups in total. The fourth-order valence-corrected chi connectivity index (χ4v) is 1.78. The largest absolute Gasteiger partial charge is 0.497 e. The number of nitrogens with zero attached hydrogens (tertiary/aromatic N) is 1. The summed E-state index contributed by atoms with van der Waals surface area (Å²) in [5.41, 5.74) is 2.18. The molecular weight excluding hydrogens is 240 g/mol. The molecule has 0 unspecified atom stereocenters. The van der Waals surface area contributed by atoms with Gasteiger partial charge in [-0.1, -0.05) is 18.2 Å². The Morgan fingerprint density at radius 1 is 1.11 bits per heavy atom. The van der Waals surface area contributed by atoms with Crippen molar-refractivity contribution in [3.8, 4) is 5.75 Å². The Morgan fingerprint density at radius 2 is 1.89 bits per heavy atom. The van der Waals surface area contributed by atoms with Crippen LogP contribution in [0.4, 0.5) is 5.82 Å². The number of benzene rings is 1. The maximum atomic E-state index is 5.70. The van der Waals surface area contributed by atoms with E-state index in [-0.39, 0.29) is 0 Å². The fraction of sp³-hybridized carbons (Fsp3) is 0.267. The lowest BCUT2D eigenvalue weighted by Crippen LogP contribution is -2.01. The highest BCUT2D eigenvalue weighted by atomic mass is 16.5. The van der Waals surface area contributed by atoms with Crippen LogP contribution in [0.1, 0.15) is 11.1 Å². The van der Waals surface area contributed by atoms with Crippen molar-refractivity contribution < 1.29 is 9.47 Å². The lowest BCUT2D eigenvalue weighted by atomic mass is 10.2. The highest BCUT2D eigenvalue weighted by Gasteiger charge is 2.01. The zero-order chi connectivity index (χ0) is 13.5. The molecule has 2 aromatic rings. The Hall–Kier alpha value is -2.07. The summed E-state index contributed by atoms with van der Waals surface area (Å²) in [4.78, 5) is 4.24. The summed E-state index contributed by atoms with van der Waals surface area (Å²) in [6.45, 7) is 1.11. The number of anilines is 1. The molecule has 0 bridgehead atoms. The zero-order valence-electron chi connectivity index (χ0n) is 11.2. The second-order valence-electron chi connectivity index (χ2n) is 4.10. The van der Waals surface area contributed by atoms with Crippen molar-refractivity contribution in [1.82, 2.24) is 4.98 Å². The molecule has 100 valence electrons. The minimum Gasteiger partial charge on any atom is -0.497 e. The topological polar surface area (TPSA) is 43.4 Å². The van der Waals surface area contributed by atoms with Gasteiger partial charge in [-0.3, -0.25) is 0 Å². The quantitative estimate of drug-likeness (QED) is 0.865. The average molecular weight is 258 g/mol. The van der Waals surface area contributed by atoms with Crippen LogP contribution in [-0.2, 0) is 18.0 Å². The first-order chi connectivity index (χ1) is 9.33. The molecule has 0 spiro atoms. The van der Waals surface area contributed by atoms with Gasteiger partial charge in [0.1, 0.15) is 11.6 Å². The minimum absolute atomic E-state index is 0.538. The standard InChI is InChI=1S/C15H18N2O2/c1-16-15-13(4-3-9-17-15)11-19-10-12-5-7-14(18-2)8-6-12/h3-9H,10-11H2,1-2H3,(H,16,17).